The molecule has 0 radical (unpaired) electrons. The van der Waals surface area contributed by atoms with E-state index in [2.05, 4.69) is 45.3 Å². The van der Waals surface area contributed by atoms with Crippen LogP contribution in [0.25, 0.3) is 0 Å². The third kappa shape index (κ3) is 5.43. The molecule has 1 aliphatic heterocycles. The van der Waals surface area contributed by atoms with E-state index in [4.69, 9.17) is 14.2 Å². The first-order chi connectivity index (χ1) is 10.7. The zero-order valence-electron chi connectivity index (χ0n) is 13.4. The van der Waals surface area contributed by atoms with Crippen molar-refractivity contribution < 1.29 is 14.2 Å². The molecule has 22 heavy (non-hydrogen) atoms. The number of likely N-dealkylation sites (N-methyl/N-ethyl adjacent to an activating group) is 1. The molecule has 1 aromatic carbocycles. The van der Waals surface area contributed by atoms with Crippen LogP contribution >= 0.6 is 15.9 Å². The summed E-state index contributed by atoms with van der Waals surface area (Å²) in [4.78, 5) is 2.25. The fourth-order valence-electron chi connectivity index (χ4n) is 2.25. The number of nitrogens with zero attached hydrogens (tertiary/aromatic N) is 1. The Bertz CT molecular complexity index is 471. The Kier molecular flexibility index (Phi) is 7.45. The first-order valence-corrected chi connectivity index (χ1v) is 8.46. The van der Waals surface area contributed by atoms with E-state index in [1.165, 1.54) is 5.56 Å². The molecule has 124 valence electrons. The molecule has 0 aromatic heterocycles. The number of nitrogens with one attached hydrogen (secondary N) is 1. The largest absolute Gasteiger partial charge is 0.490 e. The van der Waals surface area contributed by atoms with Crippen molar-refractivity contribution in [1.29, 1.82) is 0 Å². The summed E-state index contributed by atoms with van der Waals surface area (Å²) in [6.07, 6.45) is 0.919. The van der Waals surface area contributed by atoms with E-state index in [1.54, 1.807) is 7.11 Å². The van der Waals surface area contributed by atoms with Gasteiger partial charge in [-0.1, -0.05) is 0 Å². The van der Waals surface area contributed by atoms with Crippen molar-refractivity contribution in [3.8, 4) is 11.5 Å². The number of hydrogen-bond acceptors (Lipinski definition) is 5. The Labute approximate surface area is 141 Å². The number of rotatable bonds is 8. The minimum atomic E-state index is 0.705. The third-order valence-corrected chi connectivity index (χ3v) is 4.13. The highest BCUT2D eigenvalue weighted by Gasteiger charge is 2.15. The van der Waals surface area contributed by atoms with Gasteiger partial charge in [0.05, 0.1) is 24.3 Å². The molecular weight excluding hydrogens is 348 g/mol. The lowest BCUT2D eigenvalue weighted by molar-refractivity contribution is 0.161. The van der Waals surface area contributed by atoms with Crippen LogP contribution in [0.3, 0.4) is 0 Å². The first-order valence-electron chi connectivity index (χ1n) is 7.67. The second-order valence-corrected chi connectivity index (χ2v) is 6.28. The van der Waals surface area contributed by atoms with E-state index in [-0.39, 0.29) is 0 Å². The van der Waals surface area contributed by atoms with Crippen molar-refractivity contribution in [2.24, 2.45) is 0 Å². The number of halogens is 1. The molecule has 2 rings (SSSR count). The minimum absolute atomic E-state index is 0.705. The molecule has 6 heteroatoms. The normalized spacial score (nSPS) is 14.2. The number of ether oxygens (including phenoxy) is 3. The fraction of sp³-hybridized carbons (Fsp3) is 0.625. The van der Waals surface area contributed by atoms with Crippen LogP contribution in [0.4, 0.5) is 0 Å². The van der Waals surface area contributed by atoms with E-state index in [9.17, 15) is 0 Å². The van der Waals surface area contributed by atoms with Gasteiger partial charge in [0.2, 0.25) is 0 Å². The summed E-state index contributed by atoms with van der Waals surface area (Å²) in [5.41, 5.74) is 1.19. The van der Waals surface area contributed by atoms with Crippen molar-refractivity contribution in [2.45, 2.75) is 13.0 Å². The Balaban J connectivity index is 1.81. The molecule has 0 amide bonds. The zero-order chi connectivity index (χ0) is 15.8. The maximum atomic E-state index is 5.75. The van der Waals surface area contributed by atoms with Crippen LogP contribution in [-0.2, 0) is 11.3 Å². The van der Waals surface area contributed by atoms with Crippen LogP contribution in [0.1, 0.15) is 12.0 Å². The third-order valence-electron chi connectivity index (χ3n) is 3.54. The van der Waals surface area contributed by atoms with Crippen LogP contribution in [-0.4, -0.2) is 58.5 Å². The quantitative estimate of drug-likeness (QED) is 0.709. The van der Waals surface area contributed by atoms with Gasteiger partial charge in [-0.05, 0) is 40.7 Å². The topological polar surface area (TPSA) is 43.0 Å². The van der Waals surface area contributed by atoms with Crippen molar-refractivity contribution >= 4 is 15.9 Å². The summed E-state index contributed by atoms with van der Waals surface area (Å²) in [5.74, 6) is 1.65. The van der Waals surface area contributed by atoms with E-state index in [1.807, 2.05) is 0 Å². The van der Waals surface area contributed by atoms with E-state index in [0.717, 1.165) is 55.2 Å². The Morgan fingerprint density at radius 3 is 2.91 bits per heavy atom. The molecule has 0 unspecified atom stereocenters. The Morgan fingerprint density at radius 1 is 1.27 bits per heavy atom. The average Bonchev–Trinajstić information content (AvgIpc) is 2.75. The maximum Gasteiger partial charge on any atom is 0.175 e. The predicted molar refractivity (Wildman–Crippen MR) is 90.8 cm³/mol. The average molecular weight is 373 g/mol. The Morgan fingerprint density at radius 2 is 2.09 bits per heavy atom. The van der Waals surface area contributed by atoms with Gasteiger partial charge < -0.3 is 24.4 Å². The predicted octanol–water partition coefficient (Wildman–Crippen LogP) is 2.28. The summed E-state index contributed by atoms with van der Waals surface area (Å²) in [6, 6.07) is 4.15. The molecule has 0 saturated carbocycles. The lowest BCUT2D eigenvalue weighted by Gasteiger charge is -2.16. The molecule has 0 spiro atoms. The molecule has 0 bridgehead atoms. The van der Waals surface area contributed by atoms with Gasteiger partial charge in [-0.25, -0.2) is 0 Å². The molecule has 0 atom stereocenters. The highest BCUT2D eigenvalue weighted by molar-refractivity contribution is 9.10. The molecule has 1 N–H and O–H groups in total. The molecule has 5 nitrogen and oxygen atoms in total. The monoisotopic (exact) mass is 372 g/mol. The number of methoxy groups -OCH3 is 1. The summed E-state index contributed by atoms with van der Waals surface area (Å²) >= 11 is 3.57. The fourth-order valence-corrected chi connectivity index (χ4v) is 2.85. The van der Waals surface area contributed by atoms with Gasteiger partial charge in [0.1, 0.15) is 0 Å². The van der Waals surface area contributed by atoms with E-state index in [0.29, 0.717) is 13.2 Å². The zero-order valence-corrected chi connectivity index (χ0v) is 14.9. The molecule has 1 aromatic rings. The van der Waals surface area contributed by atoms with Crippen molar-refractivity contribution in [3.05, 3.63) is 22.2 Å². The highest BCUT2D eigenvalue weighted by Crippen LogP contribution is 2.38. The summed E-state index contributed by atoms with van der Waals surface area (Å²) in [6.45, 7) is 5.88. The smallest absolute Gasteiger partial charge is 0.175 e. The summed E-state index contributed by atoms with van der Waals surface area (Å²) in [5, 5.41) is 3.46. The van der Waals surface area contributed by atoms with Crippen molar-refractivity contribution in [2.75, 3.05) is 53.6 Å². The second kappa shape index (κ2) is 9.35. The van der Waals surface area contributed by atoms with Crippen LogP contribution in [0.5, 0.6) is 11.5 Å². The molecule has 1 aliphatic rings. The van der Waals surface area contributed by atoms with Gasteiger partial charge in [0.15, 0.2) is 11.5 Å². The maximum absolute atomic E-state index is 5.75. The number of benzene rings is 1. The van der Waals surface area contributed by atoms with Gasteiger partial charge in [-0.3, -0.25) is 0 Å². The van der Waals surface area contributed by atoms with Crippen LogP contribution in [0.2, 0.25) is 0 Å². The molecule has 1 heterocycles. The van der Waals surface area contributed by atoms with Gasteiger partial charge in [-0.2, -0.15) is 0 Å². The van der Waals surface area contributed by atoms with Crippen LogP contribution in [0.15, 0.2) is 16.6 Å². The Hall–Kier alpha value is -0.820. The number of hydrogen-bond donors (Lipinski definition) is 1. The molecule has 0 saturated heterocycles. The summed E-state index contributed by atoms with van der Waals surface area (Å²) in [7, 11) is 3.83. The van der Waals surface area contributed by atoms with Gasteiger partial charge in [-0.15, -0.1) is 0 Å². The molecule has 0 aliphatic carbocycles. The number of fused-ring (bicyclic) bond motifs is 1. The van der Waals surface area contributed by atoms with Gasteiger partial charge >= 0.3 is 0 Å². The molecular formula is C16H25BrN2O3. The van der Waals surface area contributed by atoms with E-state index < -0.39 is 0 Å². The first kappa shape index (κ1) is 17.5. The SMILES string of the molecule is COCCN(C)CCNCc1cc(Br)c2c(c1)OCCCO2. The highest BCUT2D eigenvalue weighted by atomic mass is 79.9. The lowest BCUT2D eigenvalue weighted by atomic mass is 10.2. The van der Waals surface area contributed by atoms with Gasteiger partial charge in [0, 0.05) is 39.7 Å². The standard InChI is InChI=1S/C16H25BrN2O3/c1-19(6-9-20-2)5-4-18-12-13-10-14(17)16-15(11-13)21-7-3-8-22-16/h10-11,18H,3-9,12H2,1-2H3. The minimum Gasteiger partial charge on any atom is -0.490 e. The second-order valence-electron chi connectivity index (χ2n) is 5.43. The van der Waals surface area contributed by atoms with E-state index >= 15 is 0 Å². The lowest BCUT2D eigenvalue weighted by Crippen LogP contribution is -2.31. The van der Waals surface area contributed by atoms with Crippen molar-refractivity contribution in [3.63, 3.8) is 0 Å². The van der Waals surface area contributed by atoms with Crippen LogP contribution < -0.4 is 14.8 Å². The van der Waals surface area contributed by atoms with Crippen LogP contribution in [0, 0.1) is 0 Å². The van der Waals surface area contributed by atoms with Gasteiger partial charge in [0.25, 0.3) is 0 Å². The summed E-state index contributed by atoms with van der Waals surface area (Å²) < 4.78 is 17.5. The van der Waals surface area contributed by atoms with Crippen molar-refractivity contribution in [1.82, 2.24) is 10.2 Å². The molecule has 0 fully saturated rings.